The number of rotatable bonds is 68. The number of ether oxygens (including phenoxy) is 3. The van der Waals surface area contributed by atoms with Crippen molar-refractivity contribution in [3.63, 3.8) is 0 Å². The van der Waals surface area contributed by atoms with Crippen LogP contribution in [-0.2, 0) is 28.6 Å². The maximum absolute atomic E-state index is 13.0. The number of hydrogen-bond donors (Lipinski definition) is 0. The third kappa shape index (κ3) is 69.8. The number of carbonyl (C=O) groups excluding carboxylic acids is 3. The Kier molecular flexibility index (Phi) is 69.1. The first kappa shape index (κ1) is 80.1. The third-order valence-corrected chi connectivity index (χ3v) is 16.5. The van der Waals surface area contributed by atoms with E-state index in [2.05, 4.69) is 81.5 Å². The van der Waals surface area contributed by atoms with Crippen molar-refractivity contribution in [2.24, 2.45) is 0 Å². The lowest BCUT2D eigenvalue weighted by Gasteiger charge is -2.18. The molecular weight excluding hydrogens is 1020 g/mol. The van der Waals surface area contributed by atoms with Crippen molar-refractivity contribution in [2.75, 3.05) is 13.2 Å². The third-order valence-electron chi connectivity index (χ3n) is 16.5. The van der Waals surface area contributed by atoms with Gasteiger partial charge in [-0.1, -0.05) is 326 Å². The molecule has 0 aromatic rings. The molecule has 0 aliphatic carbocycles. The Morgan fingerprint density at radius 3 is 0.675 bits per heavy atom. The number of allylic oxidation sites excluding steroid dienone is 10. The van der Waals surface area contributed by atoms with Crippen LogP contribution in [0.1, 0.15) is 393 Å². The van der Waals surface area contributed by atoms with E-state index >= 15 is 0 Å². The van der Waals surface area contributed by atoms with Gasteiger partial charge in [-0.05, 0) is 109 Å². The van der Waals surface area contributed by atoms with Crippen molar-refractivity contribution in [1.82, 2.24) is 0 Å². The molecule has 0 aliphatic rings. The van der Waals surface area contributed by atoms with E-state index in [9.17, 15) is 14.4 Å². The summed E-state index contributed by atoms with van der Waals surface area (Å²) in [6, 6.07) is 0. The SMILES string of the molecule is CCCCCCC/C=C\C/C=C\CCCCCCCCCCCCCCCCCCCC(=O)OCC(COC(=O)CCCCCCC/C=C\CCCCCCCC)OC(=O)CCCCCCCCCCC/C=C\C/C=C\CCCCCCC. The summed E-state index contributed by atoms with van der Waals surface area (Å²) in [5, 5.41) is 0. The Labute approximate surface area is 517 Å². The van der Waals surface area contributed by atoms with Crippen LogP contribution in [0.2, 0.25) is 0 Å². The summed E-state index contributed by atoms with van der Waals surface area (Å²) < 4.78 is 17.0. The van der Waals surface area contributed by atoms with Gasteiger partial charge in [0.2, 0.25) is 0 Å². The average molecular weight is 1160 g/mol. The quantitative estimate of drug-likeness (QED) is 0.0261. The summed E-state index contributed by atoms with van der Waals surface area (Å²) >= 11 is 0. The molecule has 1 atom stereocenters. The maximum Gasteiger partial charge on any atom is 0.306 e. The van der Waals surface area contributed by atoms with Gasteiger partial charge in [-0.25, -0.2) is 0 Å². The summed E-state index contributed by atoms with van der Waals surface area (Å²) in [4.78, 5) is 38.5. The molecule has 0 aromatic heterocycles. The first-order chi connectivity index (χ1) is 41.0. The first-order valence-corrected chi connectivity index (χ1v) is 36.8. The molecule has 6 heteroatoms. The standard InChI is InChI=1S/C77H140O6/c1-4-7-10-13-16-19-22-25-28-30-32-34-35-36-37-38-39-40-41-43-44-46-49-52-55-58-61-64-67-70-76(79)82-73-74(72-81-75(78)69-66-63-60-57-54-51-48-27-24-21-18-15-12-9-6-3)83-77(80)71-68-65-62-59-56-53-50-47-45-42-33-31-29-26-23-20-17-14-11-8-5-2/h22-23,25-27,30-33,48,74H,4-21,24,28-29,34-47,49-73H2,1-3H3/b25-22-,26-23-,32-30-,33-31-,48-27-. The van der Waals surface area contributed by atoms with E-state index in [4.69, 9.17) is 14.2 Å². The largest absolute Gasteiger partial charge is 0.462 e. The topological polar surface area (TPSA) is 78.9 Å². The molecule has 0 saturated carbocycles. The minimum absolute atomic E-state index is 0.0749. The lowest BCUT2D eigenvalue weighted by molar-refractivity contribution is -0.167. The highest BCUT2D eigenvalue weighted by atomic mass is 16.6. The normalized spacial score (nSPS) is 12.4. The van der Waals surface area contributed by atoms with Gasteiger partial charge in [-0.3, -0.25) is 14.4 Å². The number of unbranched alkanes of at least 4 members (excludes halogenated alkanes) is 47. The fourth-order valence-corrected chi connectivity index (χ4v) is 10.9. The summed E-state index contributed by atoms with van der Waals surface area (Å²) in [7, 11) is 0. The van der Waals surface area contributed by atoms with Gasteiger partial charge in [0, 0.05) is 19.3 Å². The Bertz CT molecular complexity index is 1470. The molecule has 0 fully saturated rings. The van der Waals surface area contributed by atoms with Crippen LogP contribution in [0, 0.1) is 0 Å². The van der Waals surface area contributed by atoms with Crippen LogP contribution < -0.4 is 0 Å². The van der Waals surface area contributed by atoms with Crippen LogP contribution in [0.4, 0.5) is 0 Å². The van der Waals surface area contributed by atoms with Crippen LogP contribution in [0.5, 0.6) is 0 Å². The van der Waals surface area contributed by atoms with Gasteiger partial charge >= 0.3 is 17.9 Å². The smallest absolute Gasteiger partial charge is 0.306 e. The highest BCUT2D eigenvalue weighted by molar-refractivity contribution is 5.71. The molecule has 0 N–H and O–H groups in total. The minimum atomic E-state index is -0.781. The second-order valence-corrected chi connectivity index (χ2v) is 24.8. The highest BCUT2D eigenvalue weighted by Crippen LogP contribution is 2.18. The second-order valence-electron chi connectivity index (χ2n) is 24.8. The van der Waals surface area contributed by atoms with Crippen molar-refractivity contribution >= 4 is 17.9 Å². The molecule has 0 radical (unpaired) electrons. The predicted octanol–water partition coefficient (Wildman–Crippen LogP) is 25.5. The van der Waals surface area contributed by atoms with Gasteiger partial charge < -0.3 is 14.2 Å². The zero-order valence-corrected chi connectivity index (χ0v) is 55.7. The van der Waals surface area contributed by atoms with Gasteiger partial charge in [0.1, 0.15) is 13.2 Å². The van der Waals surface area contributed by atoms with E-state index in [0.29, 0.717) is 19.3 Å². The van der Waals surface area contributed by atoms with Crippen LogP contribution in [0.15, 0.2) is 60.8 Å². The van der Waals surface area contributed by atoms with Crippen LogP contribution in [0.3, 0.4) is 0 Å². The summed E-state index contributed by atoms with van der Waals surface area (Å²) in [6.07, 6.45) is 92.5. The number of hydrogen-bond acceptors (Lipinski definition) is 6. The lowest BCUT2D eigenvalue weighted by Crippen LogP contribution is -2.30. The molecule has 1 unspecified atom stereocenters. The Balaban J connectivity index is 4.25. The van der Waals surface area contributed by atoms with Crippen LogP contribution in [-0.4, -0.2) is 37.2 Å². The summed E-state index contributed by atoms with van der Waals surface area (Å²) in [6.45, 7) is 6.67. The van der Waals surface area contributed by atoms with Gasteiger partial charge in [-0.2, -0.15) is 0 Å². The molecule has 0 amide bonds. The maximum atomic E-state index is 13.0. The molecule has 0 aliphatic heterocycles. The van der Waals surface area contributed by atoms with Crippen molar-refractivity contribution in [3.05, 3.63) is 60.8 Å². The van der Waals surface area contributed by atoms with Crippen LogP contribution in [0.25, 0.3) is 0 Å². The Morgan fingerprint density at radius 1 is 0.241 bits per heavy atom. The number of esters is 3. The molecule has 0 spiro atoms. The molecule has 0 bridgehead atoms. The zero-order chi connectivity index (χ0) is 59.9. The lowest BCUT2D eigenvalue weighted by atomic mass is 10.0. The summed E-state index contributed by atoms with van der Waals surface area (Å²) in [5.74, 6) is -0.863. The fourth-order valence-electron chi connectivity index (χ4n) is 10.9. The van der Waals surface area contributed by atoms with Crippen molar-refractivity contribution in [3.8, 4) is 0 Å². The number of carbonyl (C=O) groups is 3. The van der Waals surface area contributed by atoms with Crippen LogP contribution >= 0.6 is 0 Å². The van der Waals surface area contributed by atoms with Gasteiger partial charge in [0.15, 0.2) is 6.10 Å². The molecule has 6 nitrogen and oxygen atoms in total. The minimum Gasteiger partial charge on any atom is -0.462 e. The van der Waals surface area contributed by atoms with Gasteiger partial charge in [0.25, 0.3) is 0 Å². The van der Waals surface area contributed by atoms with E-state index in [1.165, 1.54) is 276 Å². The van der Waals surface area contributed by atoms with Gasteiger partial charge in [0.05, 0.1) is 0 Å². The van der Waals surface area contributed by atoms with Gasteiger partial charge in [-0.15, -0.1) is 0 Å². The monoisotopic (exact) mass is 1160 g/mol. The van der Waals surface area contributed by atoms with E-state index in [1.807, 2.05) is 0 Å². The van der Waals surface area contributed by atoms with E-state index in [-0.39, 0.29) is 31.1 Å². The highest BCUT2D eigenvalue weighted by Gasteiger charge is 2.19. The zero-order valence-electron chi connectivity index (χ0n) is 55.7. The molecule has 0 aromatic carbocycles. The molecule has 0 rings (SSSR count). The first-order valence-electron chi connectivity index (χ1n) is 36.8. The Morgan fingerprint density at radius 2 is 0.434 bits per heavy atom. The van der Waals surface area contributed by atoms with E-state index in [0.717, 1.165) is 77.0 Å². The Hall–Kier alpha value is -2.89. The average Bonchev–Trinajstić information content (AvgIpc) is 3.49. The fraction of sp³-hybridized carbons (Fsp3) is 0.831. The van der Waals surface area contributed by atoms with E-state index in [1.54, 1.807) is 0 Å². The molecular formula is C77H140O6. The molecule has 484 valence electrons. The molecule has 83 heavy (non-hydrogen) atoms. The van der Waals surface area contributed by atoms with E-state index < -0.39 is 6.10 Å². The predicted molar refractivity (Wildman–Crippen MR) is 362 cm³/mol. The van der Waals surface area contributed by atoms with Crippen molar-refractivity contribution in [1.29, 1.82) is 0 Å². The summed E-state index contributed by atoms with van der Waals surface area (Å²) in [5.41, 5.74) is 0. The molecule has 0 saturated heterocycles. The second kappa shape index (κ2) is 71.6. The molecule has 0 heterocycles. The van der Waals surface area contributed by atoms with Crippen molar-refractivity contribution in [2.45, 2.75) is 399 Å². The van der Waals surface area contributed by atoms with Crippen molar-refractivity contribution < 1.29 is 28.6 Å².